The Bertz CT molecular complexity index is 739. The van der Waals surface area contributed by atoms with Gasteiger partial charge < -0.3 is 20.3 Å². The minimum absolute atomic E-state index is 0.00504. The van der Waals surface area contributed by atoms with Gasteiger partial charge in [0, 0.05) is 0 Å². The number of methoxy groups -OCH3 is 1. The number of carboxylic acid groups (broad SMARTS) is 1. The SMILES string of the molecule is COc1cc(C2C=C(C(=O)O)Nc3nnnn32)ccc1O. The summed E-state index contributed by atoms with van der Waals surface area (Å²) in [6.45, 7) is 0. The van der Waals surface area contributed by atoms with Crippen LogP contribution in [0.25, 0.3) is 0 Å². The molecular weight excluding hydrogens is 278 g/mol. The van der Waals surface area contributed by atoms with Crippen LogP contribution in [-0.2, 0) is 4.79 Å². The number of tetrazole rings is 1. The topological polar surface area (TPSA) is 122 Å². The van der Waals surface area contributed by atoms with E-state index in [9.17, 15) is 9.90 Å². The van der Waals surface area contributed by atoms with Crippen LogP contribution >= 0.6 is 0 Å². The first-order valence-electron chi connectivity index (χ1n) is 5.97. The molecule has 0 bridgehead atoms. The summed E-state index contributed by atoms with van der Waals surface area (Å²) in [6.07, 6.45) is 1.48. The van der Waals surface area contributed by atoms with Gasteiger partial charge in [0.05, 0.1) is 7.11 Å². The molecule has 1 aliphatic heterocycles. The number of aromatic nitrogens is 4. The van der Waals surface area contributed by atoms with Gasteiger partial charge in [-0.2, -0.15) is 4.68 Å². The van der Waals surface area contributed by atoms with Gasteiger partial charge in [0.1, 0.15) is 11.7 Å². The van der Waals surface area contributed by atoms with Crippen LogP contribution in [0.1, 0.15) is 11.6 Å². The lowest BCUT2D eigenvalue weighted by atomic mass is 10.0. The van der Waals surface area contributed by atoms with Crippen molar-refractivity contribution in [2.45, 2.75) is 6.04 Å². The van der Waals surface area contributed by atoms with Gasteiger partial charge in [0.2, 0.25) is 5.95 Å². The lowest BCUT2D eigenvalue weighted by Crippen LogP contribution is -2.24. The number of aromatic hydroxyl groups is 1. The van der Waals surface area contributed by atoms with E-state index in [0.29, 0.717) is 5.56 Å². The summed E-state index contributed by atoms with van der Waals surface area (Å²) >= 11 is 0. The first-order valence-corrected chi connectivity index (χ1v) is 5.97. The molecule has 0 amide bonds. The molecule has 2 aromatic rings. The summed E-state index contributed by atoms with van der Waals surface area (Å²) in [5, 5.41) is 32.5. The van der Waals surface area contributed by atoms with Crippen LogP contribution in [0.15, 0.2) is 30.0 Å². The predicted molar refractivity (Wildman–Crippen MR) is 70.0 cm³/mol. The van der Waals surface area contributed by atoms with Gasteiger partial charge in [-0.3, -0.25) is 0 Å². The Morgan fingerprint density at radius 1 is 1.48 bits per heavy atom. The summed E-state index contributed by atoms with van der Waals surface area (Å²) in [7, 11) is 1.43. The van der Waals surface area contributed by atoms with Crippen molar-refractivity contribution in [3.05, 3.63) is 35.5 Å². The number of benzene rings is 1. The monoisotopic (exact) mass is 289 g/mol. The Morgan fingerprint density at radius 3 is 3.00 bits per heavy atom. The van der Waals surface area contributed by atoms with Crippen molar-refractivity contribution in [2.24, 2.45) is 0 Å². The molecule has 0 saturated carbocycles. The van der Waals surface area contributed by atoms with Crippen molar-refractivity contribution in [1.82, 2.24) is 20.2 Å². The van der Waals surface area contributed by atoms with Gasteiger partial charge in [-0.15, -0.1) is 0 Å². The number of anilines is 1. The van der Waals surface area contributed by atoms with E-state index >= 15 is 0 Å². The molecule has 0 fully saturated rings. The van der Waals surface area contributed by atoms with Crippen molar-refractivity contribution >= 4 is 11.9 Å². The maximum atomic E-state index is 11.2. The number of allylic oxidation sites excluding steroid dienone is 1. The molecule has 1 atom stereocenters. The Morgan fingerprint density at radius 2 is 2.29 bits per heavy atom. The van der Waals surface area contributed by atoms with Gasteiger partial charge in [0.25, 0.3) is 0 Å². The summed E-state index contributed by atoms with van der Waals surface area (Å²) in [4.78, 5) is 11.2. The molecule has 3 rings (SSSR count). The highest BCUT2D eigenvalue weighted by molar-refractivity contribution is 5.90. The van der Waals surface area contributed by atoms with E-state index in [0.717, 1.165) is 0 Å². The Labute approximate surface area is 118 Å². The van der Waals surface area contributed by atoms with Crippen LogP contribution in [-0.4, -0.2) is 43.5 Å². The van der Waals surface area contributed by atoms with E-state index in [2.05, 4.69) is 20.8 Å². The maximum absolute atomic E-state index is 11.2. The zero-order valence-corrected chi connectivity index (χ0v) is 10.9. The van der Waals surface area contributed by atoms with E-state index in [4.69, 9.17) is 9.84 Å². The lowest BCUT2D eigenvalue weighted by Gasteiger charge is -2.21. The number of phenolic OH excluding ortho intramolecular Hbond substituents is 1. The number of aliphatic carboxylic acids is 1. The number of hydrogen-bond donors (Lipinski definition) is 3. The molecule has 1 unspecified atom stereocenters. The van der Waals surface area contributed by atoms with Crippen LogP contribution in [0.5, 0.6) is 11.5 Å². The number of nitrogens with one attached hydrogen (secondary N) is 1. The minimum atomic E-state index is -1.11. The third kappa shape index (κ3) is 2.14. The van der Waals surface area contributed by atoms with E-state index < -0.39 is 12.0 Å². The van der Waals surface area contributed by atoms with Crippen molar-refractivity contribution in [3.63, 3.8) is 0 Å². The molecule has 2 heterocycles. The summed E-state index contributed by atoms with van der Waals surface area (Å²) < 4.78 is 6.50. The molecule has 1 aromatic carbocycles. The third-order valence-corrected chi connectivity index (χ3v) is 3.10. The molecule has 9 heteroatoms. The number of nitrogens with zero attached hydrogens (tertiary/aromatic N) is 4. The molecule has 0 saturated heterocycles. The van der Waals surface area contributed by atoms with Crippen LogP contribution in [0.3, 0.4) is 0 Å². The highest BCUT2D eigenvalue weighted by Crippen LogP contribution is 2.33. The molecule has 108 valence electrons. The van der Waals surface area contributed by atoms with Crippen LogP contribution in [0.4, 0.5) is 5.95 Å². The van der Waals surface area contributed by atoms with Crippen molar-refractivity contribution in [1.29, 1.82) is 0 Å². The van der Waals surface area contributed by atoms with E-state index in [1.807, 2.05) is 0 Å². The standard InChI is InChI=1S/C12H11N5O4/c1-21-10-4-6(2-3-9(10)18)8-5-7(11(19)20)13-12-14-15-16-17(8)12/h2-5,8,18H,1H3,(H,19,20)(H,13,14,16). The van der Waals surface area contributed by atoms with Gasteiger partial charge in [-0.25, -0.2) is 4.79 Å². The fourth-order valence-electron chi connectivity index (χ4n) is 2.09. The second-order valence-corrected chi connectivity index (χ2v) is 4.33. The molecular formula is C12H11N5O4. The lowest BCUT2D eigenvalue weighted by molar-refractivity contribution is -0.132. The number of fused-ring (bicyclic) bond motifs is 1. The second-order valence-electron chi connectivity index (χ2n) is 4.33. The normalized spacial score (nSPS) is 16.6. The Hall–Kier alpha value is -3.10. The fraction of sp³-hybridized carbons (Fsp3) is 0.167. The Balaban J connectivity index is 2.10. The summed E-state index contributed by atoms with van der Waals surface area (Å²) in [5.41, 5.74) is 0.660. The third-order valence-electron chi connectivity index (χ3n) is 3.10. The molecule has 9 nitrogen and oxygen atoms in total. The average molecular weight is 289 g/mol. The molecule has 3 N–H and O–H groups in total. The van der Waals surface area contributed by atoms with Gasteiger partial charge >= 0.3 is 5.97 Å². The molecule has 1 aliphatic rings. The average Bonchev–Trinajstić information content (AvgIpc) is 2.95. The summed E-state index contributed by atoms with van der Waals surface area (Å²) in [6, 6.07) is 4.20. The minimum Gasteiger partial charge on any atom is -0.504 e. The van der Waals surface area contributed by atoms with Crippen molar-refractivity contribution in [2.75, 3.05) is 12.4 Å². The fourth-order valence-corrected chi connectivity index (χ4v) is 2.09. The first-order chi connectivity index (χ1) is 10.1. The van der Waals surface area contributed by atoms with Gasteiger partial charge in [-0.05, 0) is 34.2 Å². The molecule has 0 radical (unpaired) electrons. The van der Waals surface area contributed by atoms with Gasteiger partial charge in [0.15, 0.2) is 11.5 Å². The number of carboxylic acids is 1. The van der Waals surface area contributed by atoms with E-state index in [1.54, 1.807) is 12.1 Å². The largest absolute Gasteiger partial charge is 0.504 e. The summed E-state index contributed by atoms with van der Waals surface area (Å²) in [5.74, 6) is -0.604. The number of carbonyl (C=O) groups is 1. The highest BCUT2D eigenvalue weighted by atomic mass is 16.5. The number of phenols is 1. The van der Waals surface area contributed by atoms with Crippen LogP contribution in [0.2, 0.25) is 0 Å². The van der Waals surface area contributed by atoms with Gasteiger partial charge in [-0.1, -0.05) is 11.2 Å². The van der Waals surface area contributed by atoms with E-state index in [-0.39, 0.29) is 23.1 Å². The molecule has 0 aliphatic carbocycles. The van der Waals surface area contributed by atoms with E-state index in [1.165, 1.54) is 23.9 Å². The number of rotatable bonds is 3. The highest BCUT2D eigenvalue weighted by Gasteiger charge is 2.26. The second kappa shape index (κ2) is 4.78. The quantitative estimate of drug-likeness (QED) is 0.740. The zero-order valence-electron chi connectivity index (χ0n) is 10.9. The molecule has 21 heavy (non-hydrogen) atoms. The number of ether oxygens (including phenoxy) is 1. The van der Waals surface area contributed by atoms with Crippen molar-refractivity contribution in [3.8, 4) is 11.5 Å². The van der Waals surface area contributed by atoms with Crippen LogP contribution in [0, 0.1) is 0 Å². The van der Waals surface area contributed by atoms with Crippen LogP contribution < -0.4 is 10.1 Å². The first kappa shape index (κ1) is 12.9. The smallest absolute Gasteiger partial charge is 0.352 e. The maximum Gasteiger partial charge on any atom is 0.352 e. The number of hydrogen-bond acceptors (Lipinski definition) is 7. The predicted octanol–water partition coefficient (Wildman–Crippen LogP) is 0.371. The zero-order chi connectivity index (χ0) is 15.0. The molecule has 1 aromatic heterocycles. The Kier molecular flexibility index (Phi) is 2.94. The van der Waals surface area contributed by atoms with Crippen molar-refractivity contribution < 1.29 is 19.7 Å². The molecule has 0 spiro atoms.